The van der Waals surface area contributed by atoms with Gasteiger partial charge in [0.05, 0.1) is 24.2 Å². The molecule has 1 saturated heterocycles. The number of carbonyl (C=O) groups is 1. The summed E-state index contributed by atoms with van der Waals surface area (Å²) in [7, 11) is 1.69. The van der Waals surface area contributed by atoms with Crippen molar-refractivity contribution >= 4 is 34.4 Å². The van der Waals surface area contributed by atoms with E-state index in [4.69, 9.17) is 10.2 Å². The number of aliphatic hydroxyl groups is 1. The predicted octanol–water partition coefficient (Wildman–Crippen LogP) is 2.31. The van der Waals surface area contributed by atoms with Gasteiger partial charge in [-0.05, 0) is 51.3 Å². The van der Waals surface area contributed by atoms with Gasteiger partial charge in [-0.2, -0.15) is 4.52 Å². The third kappa shape index (κ3) is 4.54. The Labute approximate surface area is 212 Å². The van der Waals surface area contributed by atoms with E-state index in [2.05, 4.69) is 25.3 Å². The predicted molar refractivity (Wildman–Crippen MR) is 134 cm³/mol. The minimum Gasteiger partial charge on any atom is -0.399 e. The van der Waals surface area contributed by atoms with Crippen molar-refractivity contribution in [1.29, 1.82) is 0 Å². The van der Waals surface area contributed by atoms with Crippen LogP contribution in [0.4, 0.5) is 16.4 Å². The van der Waals surface area contributed by atoms with E-state index in [1.165, 1.54) is 16.6 Å². The fourth-order valence-electron chi connectivity index (χ4n) is 4.59. The van der Waals surface area contributed by atoms with Gasteiger partial charge in [0.25, 0.3) is 0 Å². The van der Waals surface area contributed by atoms with E-state index in [0.717, 1.165) is 0 Å². The zero-order valence-corrected chi connectivity index (χ0v) is 21.4. The van der Waals surface area contributed by atoms with E-state index in [9.17, 15) is 14.3 Å². The number of rotatable bonds is 7. The molecule has 0 unspecified atom stereocenters. The first-order chi connectivity index (χ1) is 17.4. The summed E-state index contributed by atoms with van der Waals surface area (Å²) in [5, 5.41) is 22.8. The summed E-state index contributed by atoms with van der Waals surface area (Å²) < 4.78 is 21.1. The largest absolute Gasteiger partial charge is 0.399 e. The van der Waals surface area contributed by atoms with Crippen molar-refractivity contribution in [3.05, 3.63) is 35.2 Å². The Morgan fingerprint density at radius 2 is 2.00 bits per heavy atom. The maximum atomic E-state index is 14.1. The molecule has 1 aromatic carbocycles. The lowest BCUT2D eigenvalue weighted by Gasteiger charge is -2.42. The van der Waals surface area contributed by atoms with Gasteiger partial charge < -0.3 is 25.1 Å². The maximum absolute atomic E-state index is 14.1. The molecule has 3 N–H and O–H groups in total. The van der Waals surface area contributed by atoms with Crippen LogP contribution in [0.2, 0.25) is 0 Å². The van der Waals surface area contributed by atoms with Crippen molar-refractivity contribution in [2.24, 2.45) is 0 Å². The van der Waals surface area contributed by atoms with Crippen molar-refractivity contribution in [3.63, 3.8) is 0 Å². The van der Waals surface area contributed by atoms with Crippen molar-refractivity contribution in [2.75, 3.05) is 30.8 Å². The Morgan fingerprint density at radius 3 is 2.70 bits per heavy atom. The summed E-state index contributed by atoms with van der Waals surface area (Å²) in [4.78, 5) is 25.2. The topological polar surface area (TPSA) is 152 Å². The molecular formula is C24H30FN9O3. The normalized spacial score (nSPS) is 16.7. The molecule has 37 heavy (non-hydrogen) atoms. The van der Waals surface area contributed by atoms with E-state index in [1.807, 2.05) is 13.8 Å². The van der Waals surface area contributed by atoms with Crippen molar-refractivity contribution in [3.8, 4) is 0 Å². The average Bonchev–Trinajstić information content (AvgIpc) is 3.49. The zero-order chi connectivity index (χ0) is 26.6. The smallest absolute Gasteiger partial charge is 0.318 e. The molecule has 13 heteroatoms. The van der Waals surface area contributed by atoms with Crippen LogP contribution < -0.4 is 10.6 Å². The Kier molecular flexibility index (Phi) is 5.97. The number of anilines is 2. The number of hydrogen-bond acceptors (Lipinski definition) is 10. The van der Waals surface area contributed by atoms with Gasteiger partial charge in [-0.3, -0.25) is 4.79 Å². The van der Waals surface area contributed by atoms with Crippen molar-refractivity contribution in [2.45, 2.75) is 58.1 Å². The lowest BCUT2D eigenvalue weighted by Crippen LogP contribution is -2.60. The first kappa shape index (κ1) is 24.8. The fraction of sp³-hybridized carbons (Fsp3) is 0.500. The lowest BCUT2D eigenvalue weighted by molar-refractivity contribution is 0.0276. The molecule has 0 bridgehead atoms. The Morgan fingerprint density at radius 1 is 1.27 bits per heavy atom. The van der Waals surface area contributed by atoms with Crippen LogP contribution in [0.1, 0.15) is 61.6 Å². The van der Waals surface area contributed by atoms with Gasteiger partial charge >= 0.3 is 17.8 Å². The molecule has 1 aliphatic rings. The summed E-state index contributed by atoms with van der Waals surface area (Å²) in [5.74, 6) is -0.145. The quantitative estimate of drug-likeness (QED) is 0.378. The summed E-state index contributed by atoms with van der Waals surface area (Å²) in [6, 6.07) is 2.90. The average molecular weight is 512 g/mol. The maximum Gasteiger partial charge on any atom is 0.318 e. The second-order valence-corrected chi connectivity index (χ2v) is 10.3. The zero-order valence-electron chi connectivity index (χ0n) is 21.4. The first-order valence-corrected chi connectivity index (χ1v) is 12.1. The second kappa shape index (κ2) is 8.91. The van der Waals surface area contributed by atoms with E-state index in [1.54, 1.807) is 30.7 Å². The molecule has 4 heterocycles. The number of hydrogen-bond donors (Lipinski definition) is 2. The molecule has 1 fully saturated rings. The van der Waals surface area contributed by atoms with Crippen LogP contribution in [0.3, 0.4) is 0 Å². The van der Waals surface area contributed by atoms with Crippen LogP contribution in [0.25, 0.3) is 16.6 Å². The third-order valence-electron chi connectivity index (χ3n) is 6.94. The van der Waals surface area contributed by atoms with Gasteiger partial charge in [-0.1, -0.05) is 12.0 Å². The summed E-state index contributed by atoms with van der Waals surface area (Å²) in [6.07, 6.45) is 1.35. The molecule has 0 spiro atoms. The number of amides is 1. The Hall–Kier alpha value is -3.87. The standard InChI is InChI=1S/C24H30FN9O3/c1-12(18-28-19-16-9-15(25)8-13(2)17(16)27-22(26)34(19)31-18)6-7-14(3)32(5)21(35)20-29-30-23(37-20)33-10-24(4,36)11-33/h8-9,12,14,36H,6-7,10-11H2,1-5H3,(H2,26,27)/t12-,14-/m0/s1. The van der Waals surface area contributed by atoms with Gasteiger partial charge in [0.2, 0.25) is 5.95 Å². The van der Waals surface area contributed by atoms with E-state index >= 15 is 0 Å². The number of benzene rings is 1. The summed E-state index contributed by atoms with van der Waals surface area (Å²) >= 11 is 0. The lowest BCUT2D eigenvalue weighted by atomic mass is 9.98. The van der Waals surface area contributed by atoms with E-state index < -0.39 is 5.60 Å². The fourth-order valence-corrected chi connectivity index (χ4v) is 4.59. The van der Waals surface area contributed by atoms with Crippen molar-refractivity contribution in [1.82, 2.24) is 34.7 Å². The Balaban J connectivity index is 1.26. The second-order valence-electron chi connectivity index (χ2n) is 10.3. The van der Waals surface area contributed by atoms with E-state index in [-0.39, 0.29) is 41.5 Å². The van der Waals surface area contributed by atoms with Crippen LogP contribution in [0.15, 0.2) is 16.5 Å². The minimum atomic E-state index is -0.791. The highest BCUT2D eigenvalue weighted by atomic mass is 19.1. The van der Waals surface area contributed by atoms with Crippen LogP contribution >= 0.6 is 0 Å². The SMILES string of the molecule is Cc1cc(F)cc2c1nc(N)n1nc([C@@H](C)CC[C@H](C)N(C)C(=O)c3nnc(N4CC(C)(O)C4)o3)nc21. The van der Waals surface area contributed by atoms with Crippen LogP contribution in [0, 0.1) is 12.7 Å². The molecule has 3 aromatic heterocycles. The van der Waals surface area contributed by atoms with Crippen LogP contribution in [-0.2, 0) is 0 Å². The summed E-state index contributed by atoms with van der Waals surface area (Å²) in [6.45, 7) is 8.17. The van der Waals surface area contributed by atoms with Gasteiger partial charge in [-0.15, -0.1) is 10.2 Å². The van der Waals surface area contributed by atoms with Gasteiger partial charge in [0.15, 0.2) is 11.5 Å². The summed E-state index contributed by atoms with van der Waals surface area (Å²) in [5.41, 5.74) is 7.05. The molecule has 12 nitrogen and oxygen atoms in total. The number of nitrogen functional groups attached to an aromatic ring is 1. The first-order valence-electron chi connectivity index (χ1n) is 12.1. The molecule has 1 aliphatic heterocycles. The minimum absolute atomic E-state index is 0.0517. The van der Waals surface area contributed by atoms with Gasteiger partial charge in [0.1, 0.15) is 5.82 Å². The molecular weight excluding hydrogens is 481 g/mol. The molecule has 5 rings (SSSR count). The van der Waals surface area contributed by atoms with Crippen LogP contribution in [0.5, 0.6) is 0 Å². The number of halogens is 1. The van der Waals surface area contributed by atoms with Gasteiger partial charge in [0, 0.05) is 24.4 Å². The highest BCUT2D eigenvalue weighted by molar-refractivity contribution is 5.94. The molecule has 196 valence electrons. The third-order valence-corrected chi connectivity index (χ3v) is 6.94. The molecule has 0 radical (unpaired) electrons. The number of nitrogens with zero attached hydrogens (tertiary/aromatic N) is 8. The molecule has 4 aromatic rings. The molecule has 1 amide bonds. The monoisotopic (exact) mass is 511 g/mol. The molecule has 0 aliphatic carbocycles. The number of fused-ring (bicyclic) bond motifs is 3. The van der Waals surface area contributed by atoms with Crippen molar-refractivity contribution < 1.29 is 18.7 Å². The highest BCUT2D eigenvalue weighted by Crippen LogP contribution is 2.28. The number of aryl methyl sites for hydroxylation is 1. The molecule has 2 atom stereocenters. The van der Waals surface area contributed by atoms with Gasteiger partial charge in [-0.25, -0.2) is 14.4 Å². The number of β-amino-alcohol motifs (C(OH)–C–C–N with tert-alkyl or cyclic N) is 1. The number of aromatic nitrogens is 6. The Bertz CT molecular complexity index is 1490. The number of nitrogens with two attached hydrogens (primary N) is 1. The number of carbonyl (C=O) groups excluding carboxylic acids is 1. The highest BCUT2D eigenvalue weighted by Gasteiger charge is 2.39. The van der Waals surface area contributed by atoms with Crippen LogP contribution in [-0.4, -0.2) is 77.5 Å². The molecule has 0 saturated carbocycles. The van der Waals surface area contributed by atoms with E-state index in [0.29, 0.717) is 53.9 Å².